The summed E-state index contributed by atoms with van der Waals surface area (Å²) in [6, 6.07) is 25.8. The standard InChI is InChI=1S/C27H31BrN2O2/c1-27(2,3)22-15-16-24(23(28)19-22)32-18-10-17-29-26(31)30-25(20-11-6-4-7-12-20)21-13-8-5-9-14-21/h4-9,11-16,19,25H,10,17-18H2,1-3H3,(H2,29,30,31). The van der Waals surface area contributed by atoms with Gasteiger partial charge in [-0.25, -0.2) is 4.79 Å². The third kappa shape index (κ3) is 6.86. The topological polar surface area (TPSA) is 50.4 Å². The molecule has 3 aromatic carbocycles. The summed E-state index contributed by atoms with van der Waals surface area (Å²) in [4.78, 5) is 12.5. The molecule has 0 atom stereocenters. The second-order valence-corrected chi connectivity index (χ2v) is 9.61. The van der Waals surface area contributed by atoms with Crippen LogP contribution in [0.3, 0.4) is 0 Å². The molecule has 0 bridgehead atoms. The van der Waals surface area contributed by atoms with Crippen molar-refractivity contribution in [3.63, 3.8) is 0 Å². The predicted molar refractivity (Wildman–Crippen MR) is 134 cm³/mol. The lowest BCUT2D eigenvalue weighted by Gasteiger charge is -2.20. The largest absolute Gasteiger partial charge is 0.492 e. The van der Waals surface area contributed by atoms with E-state index in [9.17, 15) is 4.79 Å². The third-order valence-electron chi connectivity index (χ3n) is 5.20. The Balaban J connectivity index is 1.48. The van der Waals surface area contributed by atoms with Crippen molar-refractivity contribution >= 4 is 22.0 Å². The number of amides is 2. The first-order valence-corrected chi connectivity index (χ1v) is 11.7. The first kappa shape index (κ1) is 23.9. The fourth-order valence-corrected chi connectivity index (χ4v) is 3.87. The highest BCUT2D eigenvalue weighted by Gasteiger charge is 2.17. The van der Waals surface area contributed by atoms with Gasteiger partial charge >= 0.3 is 6.03 Å². The average Bonchev–Trinajstić information content (AvgIpc) is 2.78. The first-order valence-electron chi connectivity index (χ1n) is 10.9. The number of hydrogen-bond donors (Lipinski definition) is 2. The highest BCUT2D eigenvalue weighted by molar-refractivity contribution is 9.10. The number of urea groups is 1. The zero-order valence-electron chi connectivity index (χ0n) is 18.9. The minimum absolute atomic E-state index is 0.0929. The molecule has 0 saturated carbocycles. The van der Waals surface area contributed by atoms with Crippen molar-refractivity contribution in [1.29, 1.82) is 0 Å². The molecule has 168 valence electrons. The molecule has 4 nitrogen and oxygen atoms in total. The van der Waals surface area contributed by atoms with Gasteiger partial charge < -0.3 is 15.4 Å². The summed E-state index contributed by atoms with van der Waals surface area (Å²) in [5, 5.41) is 6.03. The van der Waals surface area contributed by atoms with E-state index in [0.717, 1.165) is 21.3 Å². The number of carbonyl (C=O) groups is 1. The van der Waals surface area contributed by atoms with E-state index in [4.69, 9.17) is 4.74 Å². The van der Waals surface area contributed by atoms with Gasteiger partial charge in [-0.15, -0.1) is 0 Å². The Morgan fingerprint density at radius 1 is 0.938 bits per heavy atom. The van der Waals surface area contributed by atoms with Crippen molar-refractivity contribution < 1.29 is 9.53 Å². The molecule has 0 aromatic heterocycles. The van der Waals surface area contributed by atoms with E-state index in [1.54, 1.807) is 0 Å². The van der Waals surface area contributed by atoms with Gasteiger partial charge in [-0.05, 0) is 56.6 Å². The van der Waals surface area contributed by atoms with Crippen molar-refractivity contribution in [3.8, 4) is 5.75 Å². The van der Waals surface area contributed by atoms with E-state index in [0.29, 0.717) is 19.6 Å². The fourth-order valence-electron chi connectivity index (χ4n) is 3.37. The molecule has 32 heavy (non-hydrogen) atoms. The Hall–Kier alpha value is -2.79. The third-order valence-corrected chi connectivity index (χ3v) is 5.82. The quantitative estimate of drug-likeness (QED) is 0.346. The summed E-state index contributed by atoms with van der Waals surface area (Å²) in [6.45, 7) is 7.61. The average molecular weight is 495 g/mol. The fraction of sp³-hybridized carbons (Fsp3) is 0.296. The monoisotopic (exact) mass is 494 g/mol. The highest BCUT2D eigenvalue weighted by Crippen LogP contribution is 2.31. The second kappa shape index (κ2) is 11.2. The number of carbonyl (C=O) groups excluding carboxylic acids is 1. The van der Waals surface area contributed by atoms with E-state index >= 15 is 0 Å². The van der Waals surface area contributed by atoms with Crippen LogP contribution in [0.5, 0.6) is 5.75 Å². The maximum atomic E-state index is 12.5. The number of hydrogen-bond acceptors (Lipinski definition) is 2. The summed E-state index contributed by atoms with van der Waals surface area (Å²) in [5.74, 6) is 0.815. The summed E-state index contributed by atoms with van der Waals surface area (Å²) in [6.07, 6.45) is 0.711. The van der Waals surface area contributed by atoms with Crippen LogP contribution in [-0.2, 0) is 5.41 Å². The number of halogens is 1. The van der Waals surface area contributed by atoms with Crippen LogP contribution in [0.15, 0.2) is 83.3 Å². The molecule has 0 unspecified atom stereocenters. The smallest absolute Gasteiger partial charge is 0.315 e. The molecular formula is C27H31BrN2O2. The summed E-state index contributed by atoms with van der Waals surface area (Å²) in [5.41, 5.74) is 3.43. The maximum absolute atomic E-state index is 12.5. The van der Waals surface area contributed by atoms with Crippen molar-refractivity contribution in [2.45, 2.75) is 38.6 Å². The van der Waals surface area contributed by atoms with Crippen molar-refractivity contribution in [1.82, 2.24) is 10.6 Å². The molecule has 0 radical (unpaired) electrons. The Labute approximate surface area is 199 Å². The van der Waals surface area contributed by atoms with Crippen LogP contribution in [0.1, 0.15) is 49.9 Å². The molecule has 3 aromatic rings. The van der Waals surface area contributed by atoms with Crippen LogP contribution in [0.2, 0.25) is 0 Å². The lowest BCUT2D eigenvalue weighted by Crippen LogP contribution is -2.39. The lowest BCUT2D eigenvalue weighted by molar-refractivity contribution is 0.237. The predicted octanol–water partition coefficient (Wildman–Crippen LogP) is 6.60. The molecule has 0 aliphatic heterocycles. The number of nitrogens with one attached hydrogen (secondary N) is 2. The lowest BCUT2D eigenvalue weighted by atomic mass is 9.87. The Morgan fingerprint density at radius 2 is 1.53 bits per heavy atom. The molecule has 0 aliphatic rings. The SMILES string of the molecule is CC(C)(C)c1ccc(OCCCNC(=O)NC(c2ccccc2)c2ccccc2)c(Br)c1. The Morgan fingerprint density at radius 3 is 2.06 bits per heavy atom. The van der Waals surface area contributed by atoms with Gasteiger partial charge in [0.15, 0.2) is 0 Å². The van der Waals surface area contributed by atoms with Crippen molar-refractivity contribution in [3.05, 3.63) is 100 Å². The zero-order valence-corrected chi connectivity index (χ0v) is 20.5. The van der Waals surface area contributed by atoms with Crippen LogP contribution in [0.4, 0.5) is 4.79 Å². The number of benzene rings is 3. The van der Waals surface area contributed by atoms with E-state index in [1.807, 2.05) is 66.7 Å². The molecule has 0 saturated heterocycles. The van der Waals surface area contributed by atoms with Crippen LogP contribution < -0.4 is 15.4 Å². The molecule has 0 heterocycles. The zero-order chi connectivity index (χ0) is 23.0. The van der Waals surface area contributed by atoms with Gasteiger partial charge in [0.25, 0.3) is 0 Å². The van der Waals surface area contributed by atoms with E-state index < -0.39 is 0 Å². The summed E-state index contributed by atoms with van der Waals surface area (Å²) < 4.78 is 6.84. The highest BCUT2D eigenvalue weighted by atomic mass is 79.9. The van der Waals surface area contributed by atoms with Gasteiger partial charge in [-0.2, -0.15) is 0 Å². The van der Waals surface area contributed by atoms with Crippen molar-refractivity contribution in [2.75, 3.05) is 13.2 Å². The Bertz CT molecular complexity index is 962. The molecule has 0 spiro atoms. The van der Waals surface area contributed by atoms with Gasteiger partial charge in [-0.3, -0.25) is 0 Å². The van der Waals surface area contributed by atoms with Gasteiger partial charge in [0.05, 0.1) is 17.1 Å². The normalized spacial score (nSPS) is 11.3. The Kier molecular flexibility index (Phi) is 8.34. The minimum atomic E-state index is -0.203. The molecule has 0 aliphatic carbocycles. The van der Waals surface area contributed by atoms with E-state index in [1.165, 1.54) is 5.56 Å². The molecular weight excluding hydrogens is 464 g/mol. The van der Waals surface area contributed by atoms with Crippen LogP contribution in [-0.4, -0.2) is 19.2 Å². The van der Waals surface area contributed by atoms with Gasteiger partial charge in [-0.1, -0.05) is 87.5 Å². The summed E-state index contributed by atoms with van der Waals surface area (Å²) >= 11 is 3.60. The molecule has 2 amide bonds. The maximum Gasteiger partial charge on any atom is 0.315 e. The van der Waals surface area contributed by atoms with Crippen LogP contribution in [0, 0.1) is 0 Å². The molecule has 0 fully saturated rings. The second-order valence-electron chi connectivity index (χ2n) is 8.75. The van der Waals surface area contributed by atoms with Crippen molar-refractivity contribution in [2.24, 2.45) is 0 Å². The number of ether oxygens (including phenoxy) is 1. The van der Waals surface area contributed by atoms with Gasteiger partial charge in [0.2, 0.25) is 0 Å². The molecule has 2 N–H and O–H groups in total. The summed E-state index contributed by atoms with van der Waals surface area (Å²) in [7, 11) is 0. The van der Waals surface area contributed by atoms with E-state index in [2.05, 4.69) is 59.5 Å². The molecule has 3 rings (SSSR count). The first-order chi connectivity index (χ1) is 15.3. The van der Waals surface area contributed by atoms with Gasteiger partial charge in [0, 0.05) is 6.54 Å². The minimum Gasteiger partial charge on any atom is -0.492 e. The van der Waals surface area contributed by atoms with E-state index in [-0.39, 0.29) is 17.5 Å². The van der Waals surface area contributed by atoms with Crippen LogP contribution in [0.25, 0.3) is 0 Å². The molecule has 5 heteroatoms. The van der Waals surface area contributed by atoms with Gasteiger partial charge in [0.1, 0.15) is 5.75 Å². The van der Waals surface area contributed by atoms with Crippen LogP contribution >= 0.6 is 15.9 Å². The number of rotatable bonds is 8.